The summed E-state index contributed by atoms with van der Waals surface area (Å²) in [4.78, 5) is 0. The highest BCUT2D eigenvalue weighted by Gasteiger charge is 2.30. The molecule has 1 aliphatic carbocycles. The number of hydrogen-bond acceptors (Lipinski definition) is 4. The van der Waals surface area contributed by atoms with Crippen LogP contribution in [0.15, 0.2) is 18.2 Å². The fourth-order valence-electron chi connectivity index (χ4n) is 2.57. The number of nitrogens with zero attached hydrogens (tertiary/aromatic N) is 1. The van der Waals surface area contributed by atoms with E-state index in [9.17, 15) is 12.8 Å². The van der Waals surface area contributed by atoms with E-state index in [1.807, 2.05) is 12.3 Å². The van der Waals surface area contributed by atoms with Crippen molar-refractivity contribution in [2.45, 2.75) is 36.3 Å². The number of nitriles is 1. The number of sulfonamides is 1. The zero-order valence-corrected chi connectivity index (χ0v) is 13.3. The molecule has 2 atom stereocenters. The van der Waals surface area contributed by atoms with E-state index >= 15 is 0 Å². The molecule has 0 amide bonds. The summed E-state index contributed by atoms with van der Waals surface area (Å²) in [6, 6.07) is 5.54. The van der Waals surface area contributed by atoms with Crippen molar-refractivity contribution >= 4 is 21.8 Å². The van der Waals surface area contributed by atoms with Gasteiger partial charge in [-0.25, -0.2) is 17.5 Å². The van der Waals surface area contributed by atoms with Gasteiger partial charge in [-0.05, 0) is 37.3 Å². The summed E-state index contributed by atoms with van der Waals surface area (Å²) in [7, 11) is -3.62. The lowest BCUT2D eigenvalue weighted by molar-refractivity contribution is 0.551. The number of rotatable bonds is 5. The minimum Gasteiger partial charge on any atom is -0.212 e. The van der Waals surface area contributed by atoms with Gasteiger partial charge >= 0.3 is 0 Å². The van der Waals surface area contributed by atoms with Crippen molar-refractivity contribution in [3.05, 3.63) is 35.1 Å². The maximum atomic E-state index is 13.7. The zero-order valence-electron chi connectivity index (χ0n) is 11.7. The normalized spacial score (nSPS) is 22.1. The molecule has 114 valence electrons. The fraction of sp³-hybridized carbons (Fsp3) is 0.500. The summed E-state index contributed by atoms with van der Waals surface area (Å²) in [5.74, 6) is -1.04. The average molecular weight is 328 g/mol. The first kappa shape index (κ1) is 16.3. The van der Waals surface area contributed by atoms with Crippen molar-refractivity contribution in [3.63, 3.8) is 0 Å². The first-order chi connectivity index (χ1) is 9.95. The monoisotopic (exact) mass is 328 g/mol. The first-order valence-corrected chi connectivity index (χ1v) is 9.60. The van der Waals surface area contributed by atoms with Gasteiger partial charge in [0.05, 0.1) is 17.4 Å². The summed E-state index contributed by atoms with van der Waals surface area (Å²) in [6.07, 6.45) is 4.77. The zero-order chi connectivity index (χ0) is 15.5. The van der Waals surface area contributed by atoms with Crippen LogP contribution in [-0.4, -0.2) is 26.0 Å². The van der Waals surface area contributed by atoms with Crippen molar-refractivity contribution in [1.29, 1.82) is 5.26 Å². The van der Waals surface area contributed by atoms with Gasteiger partial charge in [0, 0.05) is 16.9 Å². The third kappa shape index (κ3) is 4.19. The lowest BCUT2D eigenvalue weighted by atomic mass is 10.1. The van der Waals surface area contributed by atoms with E-state index < -0.39 is 21.6 Å². The van der Waals surface area contributed by atoms with Crippen LogP contribution in [0.1, 0.15) is 30.4 Å². The molecule has 0 spiro atoms. The summed E-state index contributed by atoms with van der Waals surface area (Å²) < 4.78 is 40.8. The van der Waals surface area contributed by atoms with E-state index in [0.29, 0.717) is 0 Å². The quantitative estimate of drug-likeness (QED) is 0.901. The second-order valence-corrected chi connectivity index (χ2v) is 7.94. The summed E-state index contributed by atoms with van der Waals surface area (Å²) in [5, 5.41) is 9.08. The predicted molar refractivity (Wildman–Crippen MR) is 81.8 cm³/mol. The molecule has 0 unspecified atom stereocenters. The SMILES string of the molecule is CS[C@H]1CCC[C@H]1NS(=O)(=O)Cc1cc(C#N)ccc1F. The Morgan fingerprint density at radius 3 is 2.90 bits per heavy atom. The average Bonchev–Trinajstić information content (AvgIpc) is 2.87. The van der Waals surface area contributed by atoms with Crippen LogP contribution in [0.4, 0.5) is 4.39 Å². The van der Waals surface area contributed by atoms with Crippen LogP contribution in [0.3, 0.4) is 0 Å². The number of halogens is 1. The molecular weight excluding hydrogens is 311 g/mol. The van der Waals surface area contributed by atoms with Gasteiger partial charge in [-0.15, -0.1) is 0 Å². The van der Waals surface area contributed by atoms with Crippen LogP contribution in [0, 0.1) is 17.1 Å². The maximum Gasteiger partial charge on any atom is 0.216 e. The number of hydrogen-bond donors (Lipinski definition) is 1. The van der Waals surface area contributed by atoms with Gasteiger partial charge in [-0.1, -0.05) is 6.42 Å². The Balaban J connectivity index is 2.13. The van der Waals surface area contributed by atoms with Gasteiger partial charge in [0.1, 0.15) is 5.82 Å². The van der Waals surface area contributed by atoms with E-state index in [2.05, 4.69) is 4.72 Å². The van der Waals surface area contributed by atoms with Crippen LogP contribution in [0.25, 0.3) is 0 Å². The van der Waals surface area contributed by atoms with E-state index in [0.717, 1.165) is 25.3 Å². The summed E-state index contributed by atoms with van der Waals surface area (Å²) in [5.41, 5.74) is 0.282. The van der Waals surface area contributed by atoms with E-state index in [1.54, 1.807) is 11.8 Å². The van der Waals surface area contributed by atoms with E-state index in [-0.39, 0.29) is 22.4 Å². The molecule has 0 bridgehead atoms. The van der Waals surface area contributed by atoms with Crippen molar-refractivity contribution in [2.24, 2.45) is 0 Å². The second-order valence-electron chi connectivity index (χ2n) is 5.11. The first-order valence-electron chi connectivity index (χ1n) is 6.66. The molecule has 1 fully saturated rings. The smallest absolute Gasteiger partial charge is 0.212 e. The highest BCUT2D eigenvalue weighted by atomic mass is 32.2. The largest absolute Gasteiger partial charge is 0.216 e. The molecule has 0 aromatic heterocycles. The molecule has 21 heavy (non-hydrogen) atoms. The van der Waals surface area contributed by atoms with Crippen LogP contribution in [0.2, 0.25) is 0 Å². The minimum atomic E-state index is -3.62. The highest BCUT2D eigenvalue weighted by Crippen LogP contribution is 2.29. The van der Waals surface area contributed by atoms with Gasteiger partial charge in [0.2, 0.25) is 10.0 Å². The molecule has 1 saturated carbocycles. The van der Waals surface area contributed by atoms with E-state index in [4.69, 9.17) is 5.26 Å². The fourth-order valence-corrected chi connectivity index (χ4v) is 5.05. The lowest BCUT2D eigenvalue weighted by Crippen LogP contribution is -2.39. The number of nitrogens with one attached hydrogen (secondary N) is 1. The molecule has 0 radical (unpaired) electrons. The minimum absolute atomic E-state index is 0.0280. The molecule has 7 heteroatoms. The Morgan fingerprint density at radius 1 is 1.48 bits per heavy atom. The Kier molecular flexibility index (Phi) is 5.25. The van der Waals surface area contributed by atoms with E-state index in [1.165, 1.54) is 12.1 Å². The lowest BCUT2D eigenvalue weighted by Gasteiger charge is -2.19. The number of thioether (sulfide) groups is 1. The van der Waals surface area contributed by atoms with Gasteiger partial charge in [0.15, 0.2) is 0 Å². The second kappa shape index (κ2) is 6.77. The third-order valence-corrected chi connectivity index (χ3v) is 6.13. The molecule has 1 N–H and O–H groups in total. The van der Waals surface area contributed by atoms with Gasteiger partial charge < -0.3 is 0 Å². The van der Waals surface area contributed by atoms with Gasteiger partial charge in [-0.2, -0.15) is 17.0 Å². The van der Waals surface area contributed by atoms with Crippen molar-refractivity contribution in [1.82, 2.24) is 4.72 Å². The summed E-state index contributed by atoms with van der Waals surface area (Å²) >= 11 is 1.65. The van der Waals surface area contributed by atoms with Gasteiger partial charge in [-0.3, -0.25) is 0 Å². The Morgan fingerprint density at radius 2 is 2.24 bits per heavy atom. The Bertz CT molecular complexity index is 655. The van der Waals surface area contributed by atoms with Crippen molar-refractivity contribution in [3.8, 4) is 6.07 Å². The van der Waals surface area contributed by atoms with Crippen LogP contribution in [0.5, 0.6) is 0 Å². The van der Waals surface area contributed by atoms with Crippen molar-refractivity contribution < 1.29 is 12.8 Å². The molecule has 0 heterocycles. The third-order valence-electron chi connectivity index (χ3n) is 3.61. The molecular formula is C14H17FN2O2S2. The Labute approximate surface area is 128 Å². The van der Waals surface area contributed by atoms with Crippen LogP contribution < -0.4 is 4.72 Å². The van der Waals surface area contributed by atoms with Crippen LogP contribution >= 0.6 is 11.8 Å². The molecule has 4 nitrogen and oxygen atoms in total. The van der Waals surface area contributed by atoms with Crippen LogP contribution in [-0.2, 0) is 15.8 Å². The standard InChI is InChI=1S/C14H17FN2O2S2/c1-20-14-4-2-3-13(14)17-21(18,19)9-11-7-10(8-16)5-6-12(11)15/h5-7,13-14,17H,2-4,9H2,1H3/t13-,14+/m1/s1. The molecule has 0 aliphatic heterocycles. The van der Waals surface area contributed by atoms with Crippen molar-refractivity contribution in [2.75, 3.05) is 6.26 Å². The molecule has 1 aliphatic rings. The highest BCUT2D eigenvalue weighted by molar-refractivity contribution is 7.99. The molecule has 2 rings (SSSR count). The predicted octanol–water partition coefficient (Wildman–Crippen LogP) is 2.40. The molecule has 0 saturated heterocycles. The van der Waals surface area contributed by atoms with Gasteiger partial charge in [0.25, 0.3) is 0 Å². The maximum absolute atomic E-state index is 13.7. The number of benzene rings is 1. The molecule has 1 aromatic rings. The topological polar surface area (TPSA) is 70.0 Å². The Hall–Kier alpha value is -1.10. The summed E-state index contributed by atoms with van der Waals surface area (Å²) in [6.45, 7) is 0. The molecule has 1 aromatic carbocycles.